The van der Waals surface area contributed by atoms with E-state index in [2.05, 4.69) is 9.84 Å². The van der Waals surface area contributed by atoms with Crippen molar-refractivity contribution < 1.29 is 27.5 Å². The Bertz CT molecular complexity index is 426. The normalized spacial score (nSPS) is 11.3. The second kappa shape index (κ2) is 4.98. The van der Waals surface area contributed by atoms with Gasteiger partial charge in [0.15, 0.2) is 12.0 Å². The smallest absolute Gasteiger partial charge is 0.408 e. The zero-order chi connectivity index (χ0) is 13.1. The van der Waals surface area contributed by atoms with E-state index in [-0.39, 0.29) is 18.5 Å². The van der Waals surface area contributed by atoms with Gasteiger partial charge in [0, 0.05) is 6.20 Å². The molecule has 0 saturated heterocycles. The third kappa shape index (κ3) is 3.58. The number of halogens is 3. The Morgan fingerprint density at radius 1 is 1.59 bits per heavy atom. The molecule has 5 nitrogen and oxygen atoms in total. The number of hydrogen-bond acceptors (Lipinski definition) is 4. The molecule has 0 amide bonds. The summed E-state index contributed by atoms with van der Waals surface area (Å²) in [6.07, 6.45) is -3.36. The fraction of sp³-hybridized carbons (Fsp3) is 0.444. The van der Waals surface area contributed by atoms with Crippen LogP contribution < -0.4 is 0 Å². The summed E-state index contributed by atoms with van der Waals surface area (Å²) in [6, 6.07) is 0. The highest BCUT2D eigenvalue weighted by atomic mass is 19.4. The van der Waals surface area contributed by atoms with Crippen LogP contribution in [0.2, 0.25) is 0 Å². The number of rotatable bonds is 4. The number of hydrogen-bond donors (Lipinski definition) is 0. The zero-order valence-corrected chi connectivity index (χ0v) is 8.82. The molecule has 0 atom stereocenters. The van der Waals surface area contributed by atoms with Gasteiger partial charge < -0.3 is 4.74 Å². The number of carbonyl (C=O) groups excluding carboxylic acids is 2. The average Bonchev–Trinajstić information content (AvgIpc) is 2.58. The minimum absolute atomic E-state index is 0.0449. The van der Waals surface area contributed by atoms with Crippen molar-refractivity contribution in [3.05, 3.63) is 17.5 Å². The van der Waals surface area contributed by atoms with Gasteiger partial charge in [0.1, 0.15) is 6.54 Å². The van der Waals surface area contributed by atoms with Crippen molar-refractivity contribution >= 4 is 12.3 Å². The molecule has 1 rings (SSSR count). The first kappa shape index (κ1) is 13.2. The van der Waals surface area contributed by atoms with Crippen molar-refractivity contribution in [2.75, 3.05) is 6.61 Å². The Morgan fingerprint density at radius 3 is 2.71 bits per heavy atom. The predicted molar refractivity (Wildman–Crippen MR) is 49.6 cm³/mol. The number of ether oxygens (including phenoxy) is 1. The first-order chi connectivity index (χ1) is 7.87. The van der Waals surface area contributed by atoms with E-state index in [1.807, 2.05) is 0 Å². The van der Waals surface area contributed by atoms with Gasteiger partial charge in [-0.15, -0.1) is 0 Å². The Balaban J connectivity index is 2.98. The van der Waals surface area contributed by atoms with Crippen LogP contribution in [0.4, 0.5) is 13.2 Å². The van der Waals surface area contributed by atoms with Crippen LogP contribution in [-0.2, 0) is 11.3 Å². The van der Waals surface area contributed by atoms with Crippen LogP contribution in [0.1, 0.15) is 27.8 Å². The van der Waals surface area contributed by atoms with Gasteiger partial charge >= 0.3 is 12.1 Å². The monoisotopic (exact) mass is 250 g/mol. The van der Waals surface area contributed by atoms with Crippen LogP contribution in [0.15, 0.2) is 6.20 Å². The van der Waals surface area contributed by atoms with Crippen LogP contribution in [0.5, 0.6) is 0 Å². The summed E-state index contributed by atoms with van der Waals surface area (Å²) in [5, 5.41) is 3.38. The Labute approximate surface area is 94.2 Å². The van der Waals surface area contributed by atoms with Crippen molar-refractivity contribution in [1.29, 1.82) is 0 Å². The Kier molecular flexibility index (Phi) is 3.87. The van der Waals surface area contributed by atoms with Crippen LogP contribution in [0, 0.1) is 0 Å². The standard InChI is InChI=1S/C9H9F3N2O3/c1-2-17-8(16)7-6(4-15)3-14(13-7)5-9(10,11)12/h3-4H,2,5H2,1H3. The fourth-order valence-electron chi connectivity index (χ4n) is 1.15. The van der Waals surface area contributed by atoms with E-state index in [0.717, 1.165) is 6.20 Å². The largest absolute Gasteiger partial charge is 0.461 e. The maximum absolute atomic E-state index is 12.1. The molecule has 0 aliphatic rings. The zero-order valence-electron chi connectivity index (χ0n) is 8.82. The molecule has 0 aliphatic carbocycles. The van der Waals surface area contributed by atoms with Crippen molar-refractivity contribution in [3.8, 4) is 0 Å². The highest BCUT2D eigenvalue weighted by Crippen LogP contribution is 2.18. The Hall–Kier alpha value is -1.86. The highest BCUT2D eigenvalue weighted by Gasteiger charge is 2.30. The van der Waals surface area contributed by atoms with Crippen molar-refractivity contribution in [3.63, 3.8) is 0 Å². The van der Waals surface area contributed by atoms with Gasteiger partial charge in [0.25, 0.3) is 0 Å². The lowest BCUT2D eigenvalue weighted by molar-refractivity contribution is -0.142. The number of esters is 1. The molecule has 1 heterocycles. The Morgan fingerprint density at radius 2 is 2.24 bits per heavy atom. The van der Waals surface area contributed by atoms with Gasteiger partial charge in [0.05, 0.1) is 12.2 Å². The molecule has 1 aromatic rings. The minimum Gasteiger partial charge on any atom is -0.461 e. The van der Waals surface area contributed by atoms with Crippen LogP contribution in [0.25, 0.3) is 0 Å². The van der Waals surface area contributed by atoms with E-state index in [4.69, 9.17) is 0 Å². The van der Waals surface area contributed by atoms with E-state index >= 15 is 0 Å². The molecule has 8 heteroatoms. The molecule has 94 valence electrons. The van der Waals surface area contributed by atoms with Crippen LogP contribution in [-0.4, -0.2) is 34.8 Å². The minimum atomic E-state index is -4.47. The number of carbonyl (C=O) groups is 2. The molecule has 0 radical (unpaired) electrons. The van der Waals surface area contributed by atoms with Gasteiger partial charge in [-0.1, -0.05) is 0 Å². The summed E-state index contributed by atoms with van der Waals surface area (Å²) >= 11 is 0. The third-order valence-corrected chi connectivity index (χ3v) is 1.73. The van der Waals surface area contributed by atoms with Gasteiger partial charge in [-0.3, -0.25) is 9.48 Å². The molecule has 1 aromatic heterocycles. The molecule has 0 bridgehead atoms. The molecule has 0 fully saturated rings. The predicted octanol–water partition coefficient (Wildman–Crippen LogP) is 1.43. The summed E-state index contributed by atoms with van der Waals surface area (Å²) in [5.41, 5.74) is -0.640. The van der Waals surface area contributed by atoms with Crippen molar-refractivity contribution in [2.24, 2.45) is 0 Å². The number of aromatic nitrogens is 2. The maximum Gasteiger partial charge on any atom is 0.408 e. The summed E-state index contributed by atoms with van der Waals surface area (Å²) in [7, 11) is 0. The lowest BCUT2D eigenvalue weighted by Crippen LogP contribution is -2.18. The van der Waals surface area contributed by atoms with E-state index < -0.39 is 24.4 Å². The first-order valence-electron chi connectivity index (χ1n) is 4.64. The highest BCUT2D eigenvalue weighted by molar-refractivity contribution is 5.96. The topological polar surface area (TPSA) is 61.2 Å². The summed E-state index contributed by atoms with van der Waals surface area (Å²) < 4.78 is 41.3. The van der Waals surface area contributed by atoms with E-state index in [1.54, 1.807) is 0 Å². The summed E-state index contributed by atoms with van der Waals surface area (Å²) in [6.45, 7) is 0.210. The second-order valence-electron chi connectivity index (χ2n) is 3.08. The van der Waals surface area contributed by atoms with Gasteiger partial charge in [-0.05, 0) is 6.92 Å². The second-order valence-corrected chi connectivity index (χ2v) is 3.08. The van der Waals surface area contributed by atoms with E-state index in [9.17, 15) is 22.8 Å². The SMILES string of the molecule is CCOC(=O)c1nn(CC(F)(F)F)cc1C=O. The number of alkyl halides is 3. The van der Waals surface area contributed by atoms with Gasteiger partial charge in [-0.25, -0.2) is 4.79 Å². The molecular weight excluding hydrogens is 241 g/mol. The number of aldehydes is 1. The summed E-state index contributed by atoms with van der Waals surface area (Å²) in [5.74, 6) is -0.921. The fourth-order valence-corrected chi connectivity index (χ4v) is 1.15. The molecular formula is C9H9F3N2O3. The maximum atomic E-state index is 12.1. The number of nitrogens with zero attached hydrogens (tertiary/aromatic N) is 2. The average molecular weight is 250 g/mol. The van der Waals surface area contributed by atoms with E-state index in [1.165, 1.54) is 6.92 Å². The quantitative estimate of drug-likeness (QED) is 0.599. The van der Waals surface area contributed by atoms with Crippen molar-refractivity contribution in [1.82, 2.24) is 9.78 Å². The molecule has 0 N–H and O–H groups in total. The van der Waals surface area contributed by atoms with Crippen molar-refractivity contribution in [2.45, 2.75) is 19.6 Å². The molecule has 0 saturated carbocycles. The van der Waals surface area contributed by atoms with Gasteiger partial charge in [-0.2, -0.15) is 18.3 Å². The molecule has 0 spiro atoms. The van der Waals surface area contributed by atoms with Gasteiger partial charge in [0.2, 0.25) is 0 Å². The lowest BCUT2D eigenvalue weighted by Gasteiger charge is -2.05. The van der Waals surface area contributed by atoms with Crippen LogP contribution >= 0.6 is 0 Å². The molecule has 17 heavy (non-hydrogen) atoms. The van der Waals surface area contributed by atoms with Crippen LogP contribution in [0.3, 0.4) is 0 Å². The lowest BCUT2D eigenvalue weighted by atomic mass is 10.3. The third-order valence-electron chi connectivity index (χ3n) is 1.73. The summed E-state index contributed by atoms with van der Waals surface area (Å²) in [4.78, 5) is 21.8. The van der Waals surface area contributed by atoms with E-state index in [0.29, 0.717) is 4.68 Å². The molecule has 0 aromatic carbocycles. The first-order valence-corrected chi connectivity index (χ1v) is 4.64. The molecule has 0 unspecified atom stereocenters. The molecule has 0 aliphatic heterocycles.